The molecule has 0 amide bonds. The first kappa shape index (κ1) is 16.9. The Bertz CT molecular complexity index is 32.5. The molecule has 0 aliphatic rings. The fraction of sp³-hybridized carbons (Fsp3) is 1.00. The van der Waals surface area contributed by atoms with Gasteiger partial charge in [0, 0.05) is 16.5 Å². The van der Waals surface area contributed by atoms with Gasteiger partial charge < -0.3 is 0 Å². The molecular formula is C6H18Al2Ni. The van der Waals surface area contributed by atoms with Gasteiger partial charge in [0.25, 0.3) is 14.1 Å². The molecule has 0 nitrogen and oxygen atoms in total. The Balaban J connectivity index is -0.000000180. The van der Waals surface area contributed by atoms with E-state index in [1.54, 1.807) is 0 Å². The predicted octanol–water partition coefficient (Wildman–Crippen LogP) is 1.35. The summed E-state index contributed by atoms with van der Waals surface area (Å²) in [5, 5.41) is 4.48. The summed E-state index contributed by atoms with van der Waals surface area (Å²) < 4.78 is 0. The maximum absolute atomic E-state index is 2.32. The average molecular weight is 203 g/mol. The Morgan fingerprint density at radius 3 is 1.11 bits per heavy atom. The molecule has 0 saturated carbocycles. The summed E-state index contributed by atoms with van der Waals surface area (Å²) in [6.07, 6.45) is 0. The average Bonchev–Trinajstić information content (AvgIpc) is 1.72. The third-order valence-electron chi connectivity index (χ3n) is 1.73. The first-order valence-corrected chi connectivity index (χ1v) is 5.80. The second kappa shape index (κ2) is 12.3. The third-order valence-corrected chi connectivity index (χ3v) is 5.20. The Morgan fingerprint density at radius 2 is 1.11 bits per heavy atom. The molecule has 0 aromatic heterocycles. The van der Waals surface area contributed by atoms with Crippen molar-refractivity contribution in [1.29, 1.82) is 0 Å². The van der Waals surface area contributed by atoms with Crippen LogP contribution in [0.2, 0.25) is 15.8 Å². The molecule has 0 radical (unpaired) electrons. The van der Waals surface area contributed by atoms with Gasteiger partial charge in [0.2, 0.25) is 0 Å². The molecule has 0 aliphatic heterocycles. The summed E-state index contributed by atoms with van der Waals surface area (Å²) in [6, 6.07) is 0. The fourth-order valence-corrected chi connectivity index (χ4v) is 2.60. The van der Waals surface area contributed by atoms with E-state index in [0.717, 1.165) is 0 Å². The van der Waals surface area contributed by atoms with Gasteiger partial charge in [-0.3, -0.25) is 0 Å². The molecule has 9 heavy (non-hydrogen) atoms. The van der Waals surface area contributed by atoms with E-state index in [4.69, 9.17) is 0 Å². The standard InChI is InChI=1S/3C2H5.2Al.Ni.3H/c3*1-2;;;;;;/h3*1H2,2H3;;;;;;. The largest absolute Gasteiger partial charge is 0.261 e. The van der Waals surface area contributed by atoms with Crippen LogP contribution in [-0.2, 0) is 16.5 Å². The molecule has 0 aromatic rings. The summed E-state index contributed by atoms with van der Waals surface area (Å²) >= 11 is -0.171. The second-order valence-corrected chi connectivity index (χ2v) is 6.27. The topological polar surface area (TPSA) is 0 Å². The molecule has 3 heteroatoms. The smallest absolute Gasteiger partial charge is 0.0967 e. The van der Waals surface area contributed by atoms with Crippen LogP contribution in [0.1, 0.15) is 20.8 Å². The van der Waals surface area contributed by atoms with E-state index in [1.807, 2.05) is 0 Å². The molecule has 0 aliphatic carbocycles. The van der Waals surface area contributed by atoms with E-state index >= 15 is 0 Å². The van der Waals surface area contributed by atoms with Gasteiger partial charge in [-0.1, -0.05) is 36.6 Å². The Morgan fingerprint density at radius 1 is 0.889 bits per heavy atom. The van der Waals surface area contributed by atoms with Crippen LogP contribution < -0.4 is 0 Å². The van der Waals surface area contributed by atoms with Gasteiger partial charge in [-0.15, -0.1) is 0 Å². The van der Waals surface area contributed by atoms with Gasteiger partial charge in [-0.2, -0.15) is 0 Å². The minimum absolute atomic E-state index is 0. The SMILES string of the molecule is C[CH2][Al]([CH2]C)[CH2]C.[AlH3].[Ni]. The van der Waals surface area contributed by atoms with Gasteiger partial charge in [0.1, 0.15) is 0 Å². The first-order chi connectivity index (χ1) is 3.35. The van der Waals surface area contributed by atoms with Gasteiger partial charge >= 0.3 is 0 Å². The van der Waals surface area contributed by atoms with Crippen molar-refractivity contribution in [2.24, 2.45) is 0 Å². The van der Waals surface area contributed by atoms with Crippen molar-refractivity contribution in [3.8, 4) is 0 Å². The van der Waals surface area contributed by atoms with Crippen LogP contribution in [0.15, 0.2) is 0 Å². The van der Waals surface area contributed by atoms with Crippen molar-refractivity contribution in [2.75, 3.05) is 0 Å². The third kappa shape index (κ3) is 9.56. The van der Waals surface area contributed by atoms with E-state index in [9.17, 15) is 0 Å². The molecule has 0 aromatic carbocycles. The van der Waals surface area contributed by atoms with Gasteiger partial charge in [-0.05, 0) is 0 Å². The maximum Gasteiger partial charge on any atom is 0.261 e. The second-order valence-electron chi connectivity index (χ2n) is 2.09. The minimum atomic E-state index is -0.171. The van der Waals surface area contributed by atoms with Gasteiger partial charge in [0.15, 0.2) is 17.4 Å². The monoisotopic (exact) mass is 202 g/mol. The molecule has 58 valence electrons. The molecule has 0 heterocycles. The van der Waals surface area contributed by atoms with Crippen LogP contribution >= 0.6 is 0 Å². The molecule has 0 N–H and O–H groups in total. The van der Waals surface area contributed by atoms with Crippen molar-refractivity contribution >= 4 is 31.5 Å². The van der Waals surface area contributed by atoms with Crippen LogP contribution in [0.5, 0.6) is 0 Å². The van der Waals surface area contributed by atoms with Crippen LogP contribution in [0, 0.1) is 0 Å². The molecule has 0 atom stereocenters. The molecular weight excluding hydrogens is 185 g/mol. The quantitative estimate of drug-likeness (QED) is 0.607. The summed E-state index contributed by atoms with van der Waals surface area (Å²) in [5.41, 5.74) is 0. The van der Waals surface area contributed by atoms with E-state index < -0.39 is 0 Å². The Kier molecular flexibility index (Phi) is 23.0. The van der Waals surface area contributed by atoms with Crippen molar-refractivity contribution in [2.45, 2.75) is 36.6 Å². The van der Waals surface area contributed by atoms with Crippen molar-refractivity contribution < 1.29 is 16.5 Å². The zero-order chi connectivity index (χ0) is 5.70. The predicted molar refractivity (Wildman–Crippen MR) is 47.1 cm³/mol. The summed E-state index contributed by atoms with van der Waals surface area (Å²) in [5.74, 6) is 0. The first-order valence-electron chi connectivity index (χ1n) is 3.35. The minimum Gasteiger partial charge on any atom is -0.0967 e. The fourth-order valence-electron chi connectivity index (χ4n) is 0.866. The summed E-state index contributed by atoms with van der Waals surface area (Å²) in [4.78, 5) is 0. The van der Waals surface area contributed by atoms with Crippen LogP contribution in [0.3, 0.4) is 0 Å². The zero-order valence-corrected chi connectivity index (χ0v) is 8.16. The number of hydrogen-bond acceptors (Lipinski definition) is 0. The molecule has 0 spiro atoms. The summed E-state index contributed by atoms with van der Waals surface area (Å²) in [7, 11) is 0. The van der Waals surface area contributed by atoms with Gasteiger partial charge in [0.05, 0.1) is 0 Å². The zero-order valence-electron chi connectivity index (χ0n) is 6.01. The van der Waals surface area contributed by atoms with E-state index in [1.165, 1.54) is 15.8 Å². The van der Waals surface area contributed by atoms with Crippen LogP contribution in [0.4, 0.5) is 0 Å². The molecule has 0 bridgehead atoms. The Hall–Kier alpha value is 1.56. The van der Waals surface area contributed by atoms with Gasteiger partial charge in [-0.25, -0.2) is 0 Å². The molecule has 0 unspecified atom stereocenters. The normalized spacial score (nSPS) is 7.00. The van der Waals surface area contributed by atoms with Crippen molar-refractivity contribution in [1.82, 2.24) is 0 Å². The van der Waals surface area contributed by atoms with Crippen LogP contribution in [0.25, 0.3) is 0 Å². The van der Waals surface area contributed by atoms with E-state index in [-0.39, 0.29) is 48.0 Å². The number of rotatable bonds is 3. The molecule has 0 saturated heterocycles. The molecule has 0 rings (SSSR count). The van der Waals surface area contributed by atoms with E-state index in [2.05, 4.69) is 20.8 Å². The Labute approximate surface area is 84.2 Å². The van der Waals surface area contributed by atoms with Crippen LogP contribution in [-0.4, -0.2) is 31.5 Å². The number of hydrogen-bond donors (Lipinski definition) is 0. The van der Waals surface area contributed by atoms with Crippen molar-refractivity contribution in [3.63, 3.8) is 0 Å². The summed E-state index contributed by atoms with van der Waals surface area (Å²) in [6.45, 7) is 6.97. The maximum atomic E-state index is 2.32. The van der Waals surface area contributed by atoms with Crippen molar-refractivity contribution in [3.05, 3.63) is 0 Å². The molecule has 0 fully saturated rings. The van der Waals surface area contributed by atoms with E-state index in [0.29, 0.717) is 0 Å².